The Kier molecular flexibility index (Phi) is 62.4. The maximum absolute atomic E-state index is 13.0. The van der Waals surface area contributed by atoms with Crippen LogP contribution in [0.5, 0.6) is 0 Å². The molecule has 0 radical (unpaired) electrons. The highest BCUT2D eigenvalue weighted by atomic mass is 31.2. The molecule has 2 unspecified atom stereocenters. The second-order valence-electron chi connectivity index (χ2n) is 24.9. The minimum absolute atomic E-state index is 0.106. The van der Waals surface area contributed by atoms with Gasteiger partial charge in [0.2, 0.25) is 0 Å². The number of aliphatic hydroxyl groups excluding tert-OH is 1. The Hall–Kier alpha value is -1.94. The molecule has 5 atom stereocenters. The Morgan fingerprint density at radius 1 is 0.273 bits per heavy atom. The van der Waals surface area contributed by atoms with E-state index in [-0.39, 0.29) is 25.7 Å². The maximum Gasteiger partial charge on any atom is 0.472 e. The molecule has 0 bridgehead atoms. The fraction of sp³-hybridized carbons (Fsp3) is 0.942. The lowest BCUT2D eigenvalue weighted by Gasteiger charge is -2.21. The molecule has 3 N–H and O–H groups in total. The van der Waals surface area contributed by atoms with Crippen LogP contribution in [-0.4, -0.2) is 96.7 Å². The van der Waals surface area contributed by atoms with E-state index in [1.165, 1.54) is 186 Å². The first-order valence-electron chi connectivity index (χ1n) is 36.3. The van der Waals surface area contributed by atoms with Gasteiger partial charge in [0.1, 0.15) is 19.3 Å². The van der Waals surface area contributed by atoms with Gasteiger partial charge in [-0.05, 0) is 25.7 Å². The van der Waals surface area contributed by atoms with Crippen molar-refractivity contribution in [3.63, 3.8) is 0 Å². The standard InChI is InChI=1S/C69H134O17P2/c1-5-9-13-17-20-23-26-28-30-31-33-35-38-41-44-48-52-56-69(74)86-65(60-80-67(72)54-50-46-42-39-37-34-32-29-27-24-21-18-14-10-6-2)62-84-88(77,78)82-58-63(70)57-81-87(75,76)83-61-64(59-79-66(71)53-49-45-16-12-8-4)85-68(73)55-51-47-43-40-36-25-22-19-15-11-7-3/h63-65,70H,5-62H2,1-4H3,(H,75,76)(H,77,78)/t63-,64+,65+/m0/s1. The summed E-state index contributed by atoms with van der Waals surface area (Å²) in [6, 6.07) is 0. The fourth-order valence-electron chi connectivity index (χ4n) is 10.5. The molecule has 0 spiro atoms. The van der Waals surface area contributed by atoms with Crippen molar-refractivity contribution in [1.29, 1.82) is 0 Å². The molecule has 522 valence electrons. The molecule has 0 aromatic rings. The first-order chi connectivity index (χ1) is 42.7. The van der Waals surface area contributed by atoms with E-state index >= 15 is 0 Å². The molecule has 17 nitrogen and oxygen atoms in total. The van der Waals surface area contributed by atoms with E-state index in [1.807, 2.05) is 0 Å². The summed E-state index contributed by atoms with van der Waals surface area (Å²) in [7, 11) is -9.89. The van der Waals surface area contributed by atoms with Gasteiger partial charge in [0.15, 0.2) is 12.2 Å². The van der Waals surface area contributed by atoms with Crippen molar-refractivity contribution in [2.75, 3.05) is 39.6 Å². The molecule has 0 aliphatic heterocycles. The Morgan fingerprint density at radius 3 is 0.670 bits per heavy atom. The van der Waals surface area contributed by atoms with Crippen LogP contribution in [0.1, 0.15) is 362 Å². The zero-order chi connectivity index (χ0) is 64.7. The van der Waals surface area contributed by atoms with Gasteiger partial charge in [0.25, 0.3) is 0 Å². The van der Waals surface area contributed by atoms with Gasteiger partial charge in [0, 0.05) is 25.7 Å². The van der Waals surface area contributed by atoms with Crippen molar-refractivity contribution in [1.82, 2.24) is 0 Å². The van der Waals surface area contributed by atoms with Gasteiger partial charge in [-0.1, -0.05) is 310 Å². The lowest BCUT2D eigenvalue weighted by molar-refractivity contribution is -0.161. The second-order valence-corrected chi connectivity index (χ2v) is 27.8. The smallest absolute Gasteiger partial charge is 0.462 e. The molecule has 88 heavy (non-hydrogen) atoms. The van der Waals surface area contributed by atoms with Gasteiger partial charge in [-0.15, -0.1) is 0 Å². The van der Waals surface area contributed by atoms with Gasteiger partial charge in [-0.3, -0.25) is 37.3 Å². The number of ether oxygens (including phenoxy) is 4. The third-order valence-corrected chi connectivity index (χ3v) is 18.0. The third kappa shape index (κ3) is 62.8. The monoisotopic (exact) mass is 1300 g/mol. The van der Waals surface area contributed by atoms with E-state index in [4.69, 9.17) is 37.0 Å². The van der Waals surface area contributed by atoms with Crippen LogP contribution in [0.25, 0.3) is 0 Å². The van der Waals surface area contributed by atoms with Crippen LogP contribution in [0.15, 0.2) is 0 Å². The molecule has 0 aliphatic rings. The normalized spacial score (nSPS) is 14.0. The summed E-state index contributed by atoms with van der Waals surface area (Å²) in [6.45, 7) is 4.85. The van der Waals surface area contributed by atoms with E-state index in [1.54, 1.807) is 0 Å². The van der Waals surface area contributed by atoms with Crippen LogP contribution < -0.4 is 0 Å². The van der Waals surface area contributed by atoms with Crippen molar-refractivity contribution in [3.8, 4) is 0 Å². The minimum Gasteiger partial charge on any atom is -0.462 e. The van der Waals surface area contributed by atoms with Gasteiger partial charge in [-0.2, -0.15) is 0 Å². The zero-order valence-electron chi connectivity index (χ0n) is 56.7. The number of aliphatic hydroxyl groups is 1. The van der Waals surface area contributed by atoms with Gasteiger partial charge in [0.05, 0.1) is 26.4 Å². The van der Waals surface area contributed by atoms with Crippen LogP contribution in [0.4, 0.5) is 0 Å². The van der Waals surface area contributed by atoms with Crippen LogP contribution >= 0.6 is 15.6 Å². The van der Waals surface area contributed by atoms with Gasteiger partial charge >= 0.3 is 39.5 Å². The van der Waals surface area contributed by atoms with Crippen LogP contribution in [0.3, 0.4) is 0 Å². The largest absolute Gasteiger partial charge is 0.472 e. The first kappa shape index (κ1) is 86.1. The van der Waals surface area contributed by atoms with Crippen LogP contribution in [0.2, 0.25) is 0 Å². The van der Waals surface area contributed by atoms with Crippen molar-refractivity contribution in [3.05, 3.63) is 0 Å². The summed E-state index contributed by atoms with van der Waals surface area (Å²) < 4.78 is 68.0. The lowest BCUT2D eigenvalue weighted by atomic mass is 10.0. The number of phosphoric acid groups is 2. The van der Waals surface area contributed by atoms with Crippen molar-refractivity contribution in [2.45, 2.75) is 380 Å². The molecule has 0 rings (SSSR count). The highest BCUT2D eigenvalue weighted by molar-refractivity contribution is 7.47. The predicted octanol–water partition coefficient (Wildman–Crippen LogP) is 19.9. The van der Waals surface area contributed by atoms with Crippen molar-refractivity contribution < 1.29 is 80.2 Å². The summed E-state index contributed by atoms with van der Waals surface area (Å²) in [4.78, 5) is 72.2. The predicted molar refractivity (Wildman–Crippen MR) is 354 cm³/mol. The molecule has 0 amide bonds. The number of carbonyl (C=O) groups is 4. The molecule has 0 saturated carbocycles. The summed E-state index contributed by atoms with van der Waals surface area (Å²) in [5.41, 5.74) is 0. The molecule has 0 aromatic carbocycles. The summed E-state index contributed by atoms with van der Waals surface area (Å²) >= 11 is 0. The molecular formula is C69H134O17P2. The Morgan fingerprint density at radius 2 is 0.455 bits per heavy atom. The second kappa shape index (κ2) is 63.8. The Labute approximate surface area is 537 Å². The third-order valence-electron chi connectivity index (χ3n) is 16.1. The highest BCUT2D eigenvalue weighted by Gasteiger charge is 2.30. The van der Waals surface area contributed by atoms with E-state index in [0.717, 1.165) is 96.3 Å². The van der Waals surface area contributed by atoms with Crippen molar-refractivity contribution in [2.24, 2.45) is 0 Å². The van der Waals surface area contributed by atoms with Gasteiger partial charge in [-0.25, -0.2) is 9.13 Å². The summed E-state index contributed by atoms with van der Waals surface area (Å²) in [5.74, 6) is -2.13. The summed E-state index contributed by atoms with van der Waals surface area (Å²) in [5, 5.41) is 10.5. The number of hydrogen-bond donors (Lipinski definition) is 3. The van der Waals surface area contributed by atoms with Crippen LogP contribution in [-0.2, 0) is 65.4 Å². The van der Waals surface area contributed by atoms with E-state index in [0.29, 0.717) is 25.7 Å². The van der Waals surface area contributed by atoms with Crippen LogP contribution in [0, 0.1) is 0 Å². The van der Waals surface area contributed by atoms with Gasteiger partial charge < -0.3 is 33.8 Å². The van der Waals surface area contributed by atoms with E-state index in [9.17, 15) is 43.2 Å². The number of hydrogen-bond acceptors (Lipinski definition) is 15. The van der Waals surface area contributed by atoms with E-state index < -0.39 is 97.5 Å². The highest BCUT2D eigenvalue weighted by Crippen LogP contribution is 2.45. The Bertz CT molecular complexity index is 1690. The number of rotatable bonds is 70. The summed E-state index contributed by atoms with van der Waals surface area (Å²) in [6.07, 6.45) is 51.6. The quantitative estimate of drug-likeness (QED) is 0.0222. The molecule has 0 aromatic heterocycles. The molecular weight excluding hydrogens is 1160 g/mol. The topological polar surface area (TPSA) is 237 Å². The maximum atomic E-state index is 13.0. The SMILES string of the molecule is CCCCCCCCCCCCCCCCCCCC(=O)O[C@H](COC(=O)CCCCCCCCCCCCCCCCC)COP(=O)(O)OC[C@@H](O)COP(=O)(O)OC[C@@H](COC(=O)CCCCCCC)OC(=O)CCCCCCCCCCCCC. The minimum atomic E-state index is -4.95. The molecule has 19 heteroatoms. The number of unbranched alkanes of at least 4 members (excludes halogenated alkanes) is 44. The first-order valence-corrected chi connectivity index (χ1v) is 39.3. The van der Waals surface area contributed by atoms with Crippen molar-refractivity contribution >= 4 is 39.5 Å². The number of carbonyl (C=O) groups excluding carboxylic acids is 4. The molecule has 0 aliphatic carbocycles. The molecule has 0 saturated heterocycles. The zero-order valence-corrected chi connectivity index (χ0v) is 58.5. The van der Waals surface area contributed by atoms with E-state index in [2.05, 4.69) is 27.7 Å². The lowest BCUT2D eigenvalue weighted by Crippen LogP contribution is -2.30. The average Bonchev–Trinajstić information content (AvgIpc) is 3.72. The average molecular weight is 1300 g/mol. The Balaban J connectivity index is 5.15. The molecule has 0 fully saturated rings. The number of esters is 4. The molecule has 0 heterocycles. The fourth-order valence-corrected chi connectivity index (χ4v) is 12.1. The number of phosphoric ester groups is 2.